The Balaban J connectivity index is 1.75. The highest BCUT2D eigenvalue weighted by molar-refractivity contribution is 5.96. The van der Waals surface area contributed by atoms with Crippen LogP contribution in [0.2, 0.25) is 0 Å². The number of amides is 1. The molecular formula is C17H21N5O3. The molecule has 1 aromatic carbocycles. The molecule has 2 N–H and O–H groups in total. The molecule has 0 aliphatic heterocycles. The van der Waals surface area contributed by atoms with E-state index in [1.165, 1.54) is 0 Å². The molecular weight excluding hydrogens is 322 g/mol. The van der Waals surface area contributed by atoms with Crippen LogP contribution in [-0.4, -0.2) is 41.4 Å². The number of anilines is 1. The first-order valence-corrected chi connectivity index (χ1v) is 7.96. The van der Waals surface area contributed by atoms with Crippen LogP contribution >= 0.6 is 0 Å². The van der Waals surface area contributed by atoms with E-state index in [0.717, 1.165) is 5.56 Å². The van der Waals surface area contributed by atoms with Crippen LogP contribution in [0.15, 0.2) is 35.0 Å². The molecule has 25 heavy (non-hydrogen) atoms. The molecule has 0 saturated heterocycles. The Labute approximate surface area is 145 Å². The fraction of sp³-hybridized carbons (Fsp3) is 0.353. The van der Waals surface area contributed by atoms with Crippen LogP contribution < -0.4 is 10.6 Å². The Morgan fingerprint density at radius 1 is 1.44 bits per heavy atom. The summed E-state index contributed by atoms with van der Waals surface area (Å²) in [4.78, 5) is 17.0. The number of oxazole rings is 1. The molecule has 0 spiro atoms. The van der Waals surface area contributed by atoms with Gasteiger partial charge in [-0.1, -0.05) is 0 Å². The molecule has 8 heteroatoms. The summed E-state index contributed by atoms with van der Waals surface area (Å²) in [5.74, 6) is 0.446. The van der Waals surface area contributed by atoms with Crippen LogP contribution in [0.3, 0.4) is 0 Å². The number of fused-ring (bicyclic) bond motifs is 1. The fourth-order valence-corrected chi connectivity index (χ4v) is 2.60. The van der Waals surface area contributed by atoms with Crippen molar-refractivity contribution in [1.82, 2.24) is 20.1 Å². The van der Waals surface area contributed by atoms with E-state index in [4.69, 9.17) is 9.15 Å². The van der Waals surface area contributed by atoms with E-state index < -0.39 is 6.04 Å². The average Bonchev–Trinajstić information content (AvgIpc) is 3.19. The van der Waals surface area contributed by atoms with Gasteiger partial charge >= 0.3 is 0 Å². The van der Waals surface area contributed by atoms with Crippen molar-refractivity contribution in [2.45, 2.75) is 12.5 Å². The number of likely N-dealkylation sites (N-methyl/N-ethyl adjacent to an activating group) is 1. The first kappa shape index (κ1) is 17.1. The maximum Gasteiger partial charge on any atom is 0.246 e. The molecule has 0 aliphatic rings. The lowest BCUT2D eigenvalue weighted by atomic mass is 10.1. The Hall–Kier alpha value is -2.71. The van der Waals surface area contributed by atoms with E-state index >= 15 is 0 Å². The molecule has 3 rings (SSSR count). The van der Waals surface area contributed by atoms with Gasteiger partial charge in [-0.15, -0.1) is 0 Å². The van der Waals surface area contributed by atoms with Gasteiger partial charge in [0.2, 0.25) is 5.91 Å². The van der Waals surface area contributed by atoms with Crippen molar-refractivity contribution in [2.24, 2.45) is 7.05 Å². The second kappa shape index (κ2) is 7.45. The number of aryl methyl sites for hydroxylation is 1. The van der Waals surface area contributed by atoms with Gasteiger partial charge in [0.1, 0.15) is 11.6 Å². The molecule has 0 bridgehead atoms. The molecule has 2 heterocycles. The van der Waals surface area contributed by atoms with Crippen LogP contribution in [0.5, 0.6) is 0 Å². The zero-order valence-corrected chi connectivity index (χ0v) is 14.4. The van der Waals surface area contributed by atoms with Crippen molar-refractivity contribution in [1.29, 1.82) is 0 Å². The Morgan fingerprint density at radius 3 is 2.96 bits per heavy atom. The van der Waals surface area contributed by atoms with E-state index in [1.54, 1.807) is 43.2 Å². The van der Waals surface area contributed by atoms with E-state index in [-0.39, 0.29) is 5.91 Å². The number of rotatable bonds is 7. The number of hydrogen-bond donors (Lipinski definition) is 2. The quantitative estimate of drug-likeness (QED) is 0.677. The summed E-state index contributed by atoms with van der Waals surface area (Å²) >= 11 is 0. The number of nitrogens with zero attached hydrogens (tertiary/aromatic N) is 3. The number of hydrogen-bond acceptors (Lipinski definition) is 6. The van der Waals surface area contributed by atoms with Gasteiger partial charge < -0.3 is 19.8 Å². The molecule has 2 aromatic heterocycles. The van der Waals surface area contributed by atoms with E-state index in [0.29, 0.717) is 35.7 Å². The highest BCUT2D eigenvalue weighted by atomic mass is 16.5. The molecule has 1 unspecified atom stereocenters. The monoisotopic (exact) mass is 343 g/mol. The van der Waals surface area contributed by atoms with Crippen molar-refractivity contribution in [3.63, 3.8) is 0 Å². The number of carbonyl (C=O) groups is 1. The van der Waals surface area contributed by atoms with Crippen molar-refractivity contribution in [2.75, 3.05) is 26.1 Å². The van der Waals surface area contributed by atoms with Crippen molar-refractivity contribution in [3.05, 3.63) is 42.0 Å². The fourth-order valence-electron chi connectivity index (χ4n) is 2.60. The molecule has 8 nitrogen and oxygen atoms in total. The SMILES string of the molecule is CNC(C(=O)Nc1ccc2oc(CCOC)nc2c1)c1cnn(C)c1. The zero-order valence-electron chi connectivity index (χ0n) is 14.4. The summed E-state index contributed by atoms with van der Waals surface area (Å²) in [6, 6.07) is 4.90. The summed E-state index contributed by atoms with van der Waals surface area (Å²) in [5, 5.41) is 10.0. The Morgan fingerprint density at radius 2 is 2.28 bits per heavy atom. The van der Waals surface area contributed by atoms with Gasteiger partial charge in [-0.2, -0.15) is 5.10 Å². The minimum Gasteiger partial charge on any atom is -0.441 e. The smallest absolute Gasteiger partial charge is 0.246 e. The van der Waals surface area contributed by atoms with Crippen LogP contribution in [-0.2, 0) is 23.0 Å². The molecule has 1 amide bonds. The van der Waals surface area contributed by atoms with Gasteiger partial charge in [-0.25, -0.2) is 4.98 Å². The van der Waals surface area contributed by atoms with Gasteiger partial charge in [0.25, 0.3) is 0 Å². The normalized spacial score (nSPS) is 12.4. The highest BCUT2D eigenvalue weighted by Gasteiger charge is 2.20. The summed E-state index contributed by atoms with van der Waals surface area (Å²) in [5.41, 5.74) is 2.84. The molecule has 132 valence electrons. The van der Waals surface area contributed by atoms with E-state index in [2.05, 4.69) is 20.7 Å². The van der Waals surface area contributed by atoms with Crippen molar-refractivity contribution < 1.29 is 13.9 Å². The van der Waals surface area contributed by atoms with Crippen LogP contribution in [0.25, 0.3) is 11.1 Å². The summed E-state index contributed by atoms with van der Waals surface area (Å²) in [6.07, 6.45) is 4.09. The maximum atomic E-state index is 12.6. The van der Waals surface area contributed by atoms with Crippen molar-refractivity contribution >= 4 is 22.7 Å². The number of ether oxygens (including phenoxy) is 1. The predicted molar refractivity (Wildman–Crippen MR) is 93.2 cm³/mol. The summed E-state index contributed by atoms with van der Waals surface area (Å²) in [7, 11) is 5.19. The highest BCUT2D eigenvalue weighted by Crippen LogP contribution is 2.22. The van der Waals surface area contributed by atoms with Crippen LogP contribution in [0, 0.1) is 0 Å². The zero-order chi connectivity index (χ0) is 17.8. The van der Waals surface area contributed by atoms with Crippen LogP contribution in [0.1, 0.15) is 17.5 Å². The second-order valence-electron chi connectivity index (χ2n) is 5.69. The molecule has 1 atom stereocenters. The third-order valence-corrected chi connectivity index (χ3v) is 3.83. The third kappa shape index (κ3) is 3.86. The lowest BCUT2D eigenvalue weighted by molar-refractivity contribution is -0.118. The lowest BCUT2D eigenvalue weighted by Crippen LogP contribution is -2.30. The largest absolute Gasteiger partial charge is 0.441 e. The number of nitrogens with one attached hydrogen (secondary N) is 2. The Bertz CT molecular complexity index is 870. The summed E-state index contributed by atoms with van der Waals surface area (Å²) in [6.45, 7) is 0.547. The molecule has 0 aliphatic carbocycles. The van der Waals surface area contributed by atoms with Crippen molar-refractivity contribution in [3.8, 4) is 0 Å². The van der Waals surface area contributed by atoms with Crippen LogP contribution in [0.4, 0.5) is 5.69 Å². The number of aromatic nitrogens is 3. The Kier molecular flexibility index (Phi) is 5.11. The second-order valence-corrected chi connectivity index (χ2v) is 5.69. The molecule has 0 saturated carbocycles. The van der Waals surface area contributed by atoms with Gasteiger partial charge in [0, 0.05) is 38.0 Å². The predicted octanol–water partition coefficient (Wildman–Crippen LogP) is 1.65. The number of methoxy groups -OCH3 is 1. The topological polar surface area (TPSA) is 94.2 Å². The lowest BCUT2D eigenvalue weighted by Gasteiger charge is -2.14. The third-order valence-electron chi connectivity index (χ3n) is 3.83. The van der Waals surface area contributed by atoms with E-state index in [9.17, 15) is 4.79 Å². The summed E-state index contributed by atoms with van der Waals surface area (Å²) < 4.78 is 12.3. The first-order chi connectivity index (χ1) is 12.1. The van der Waals surface area contributed by atoms with Gasteiger partial charge in [-0.05, 0) is 25.2 Å². The minimum absolute atomic E-state index is 0.169. The molecule has 0 fully saturated rings. The number of benzene rings is 1. The maximum absolute atomic E-state index is 12.6. The van der Waals surface area contributed by atoms with Gasteiger partial charge in [0.15, 0.2) is 11.5 Å². The average molecular weight is 343 g/mol. The minimum atomic E-state index is -0.487. The van der Waals surface area contributed by atoms with E-state index in [1.807, 2.05) is 13.2 Å². The molecule has 3 aromatic rings. The molecule has 0 radical (unpaired) electrons. The van der Waals surface area contributed by atoms with Gasteiger partial charge in [0.05, 0.1) is 12.8 Å². The number of carbonyl (C=O) groups excluding carboxylic acids is 1. The van der Waals surface area contributed by atoms with Gasteiger partial charge in [-0.3, -0.25) is 9.48 Å². The first-order valence-electron chi connectivity index (χ1n) is 7.96. The standard InChI is InChI=1S/C17H21N5O3/c1-18-16(11-9-19-22(2)10-11)17(23)20-12-4-5-14-13(8-12)21-15(25-14)6-7-24-3/h4-5,8-10,16,18H,6-7H2,1-3H3,(H,20,23).